The summed E-state index contributed by atoms with van der Waals surface area (Å²) in [5.74, 6) is 1.95. The molecule has 1 N–H and O–H groups in total. The quantitative estimate of drug-likeness (QED) is 0.319. The SMILES string of the molecule is CCNc1ncc2c(n1)N(C)CCN(c1cccc(C3CN=NC(CN(C)Cc4ccc(F)cc4)=CC3C)c1)C2=C1CC1. The predicted molar refractivity (Wildman–Crippen MR) is 172 cm³/mol. The molecule has 0 saturated heterocycles. The van der Waals surface area contributed by atoms with E-state index in [0.29, 0.717) is 19.0 Å². The summed E-state index contributed by atoms with van der Waals surface area (Å²) in [6.45, 7) is 8.91. The van der Waals surface area contributed by atoms with Gasteiger partial charge in [0.1, 0.15) is 11.6 Å². The topological polar surface area (TPSA) is 72.2 Å². The van der Waals surface area contributed by atoms with Crippen molar-refractivity contribution in [2.45, 2.75) is 39.2 Å². The molecule has 1 saturated carbocycles. The zero-order chi connectivity index (χ0) is 29.9. The van der Waals surface area contributed by atoms with Crippen LogP contribution in [0.1, 0.15) is 49.3 Å². The number of hydrogen-bond donors (Lipinski definition) is 1. The van der Waals surface area contributed by atoms with Crippen molar-refractivity contribution in [2.24, 2.45) is 16.1 Å². The van der Waals surface area contributed by atoms with Crippen LogP contribution in [0.2, 0.25) is 0 Å². The molecule has 1 fully saturated rings. The second kappa shape index (κ2) is 12.6. The summed E-state index contributed by atoms with van der Waals surface area (Å²) in [7, 11) is 4.18. The van der Waals surface area contributed by atoms with Crippen molar-refractivity contribution >= 4 is 23.2 Å². The number of hydrogen-bond acceptors (Lipinski definition) is 8. The highest BCUT2D eigenvalue weighted by molar-refractivity contribution is 5.88. The molecule has 2 aromatic carbocycles. The van der Waals surface area contributed by atoms with Crippen molar-refractivity contribution in [3.8, 4) is 0 Å². The average molecular weight is 581 g/mol. The molecule has 3 aromatic rings. The molecule has 1 aliphatic carbocycles. The third-order valence-corrected chi connectivity index (χ3v) is 8.46. The van der Waals surface area contributed by atoms with Crippen LogP contribution in [0.15, 0.2) is 82.3 Å². The lowest BCUT2D eigenvalue weighted by Crippen LogP contribution is -2.29. The molecule has 2 atom stereocenters. The minimum Gasteiger partial charge on any atom is -0.357 e. The third kappa shape index (κ3) is 6.62. The maximum Gasteiger partial charge on any atom is 0.224 e. The Labute approximate surface area is 254 Å². The van der Waals surface area contributed by atoms with Crippen molar-refractivity contribution < 1.29 is 4.39 Å². The van der Waals surface area contributed by atoms with Crippen LogP contribution >= 0.6 is 0 Å². The van der Waals surface area contributed by atoms with Gasteiger partial charge < -0.3 is 15.1 Å². The van der Waals surface area contributed by atoms with Gasteiger partial charge in [0.05, 0.1) is 23.5 Å². The van der Waals surface area contributed by atoms with Gasteiger partial charge in [0.25, 0.3) is 0 Å². The van der Waals surface area contributed by atoms with Crippen LogP contribution < -0.4 is 15.1 Å². The van der Waals surface area contributed by atoms with Crippen molar-refractivity contribution in [1.82, 2.24) is 14.9 Å². The number of anilines is 3. The average Bonchev–Trinajstić information content (AvgIpc) is 3.85. The molecule has 0 amide bonds. The summed E-state index contributed by atoms with van der Waals surface area (Å²) in [6, 6.07) is 15.7. The lowest BCUT2D eigenvalue weighted by atomic mass is 9.86. The summed E-state index contributed by atoms with van der Waals surface area (Å²) in [5.41, 5.74) is 8.35. The molecule has 2 unspecified atom stereocenters. The Hall–Kier alpha value is -4.11. The van der Waals surface area contributed by atoms with Gasteiger partial charge in [-0.2, -0.15) is 15.2 Å². The first kappa shape index (κ1) is 29.0. The third-order valence-electron chi connectivity index (χ3n) is 8.46. The van der Waals surface area contributed by atoms with Crippen molar-refractivity contribution in [3.05, 3.63) is 94.6 Å². The maximum absolute atomic E-state index is 13.3. The first-order chi connectivity index (χ1) is 20.9. The zero-order valence-electron chi connectivity index (χ0n) is 25.6. The number of allylic oxidation sites excluding steroid dienone is 2. The molecule has 224 valence electrons. The molecule has 9 heteroatoms. The van der Waals surface area contributed by atoms with Gasteiger partial charge in [0, 0.05) is 57.6 Å². The van der Waals surface area contributed by atoms with Gasteiger partial charge in [-0.25, -0.2) is 9.37 Å². The van der Waals surface area contributed by atoms with Gasteiger partial charge in [-0.15, -0.1) is 0 Å². The number of fused-ring (bicyclic) bond motifs is 1. The number of nitrogens with one attached hydrogen (secondary N) is 1. The maximum atomic E-state index is 13.3. The lowest BCUT2D eigenvalue weighted by Gasteiger charge is -2.28. The second-order valence-corrected chi connectivity index (χ2v) is 11.9. The summed E-state index contributed by atoms with van der Waals surface area (Å²) >= 11 is 0. The number of azo groups is 1. The molecular weight excluding hydrogens is 539 g/mol. The van der Waals surface area contributed by atoms with E-state index in [2.05, 4.69) is 93.5 Å². The number of halogens is 1. The van der Waals surface area contributed by atoms with Crippen LogP contribution in [-0.4, -0.2) is 61.7 Å². The number of nitrogens with zero attached hydrogens (tertiary/aromatic N) is 7. The Morgan fingerprint density at radius 1 is 1.07 bits per heavy atom. The van der Waals surface area contributed by atoms with Gasteiger partial charge in [-0.1, -0.05) is 37.3 Å². The number of aromatic nitrogens is 2. The van der Waals surface area contributed by atoms with Crippen molar-refractivity contribution in [2.75, 3.05) is 61.9 Å². The van der Waals surface area contributed by atoms with Crippen LogP contribution in [0.5, 0.6) is 0 Å². The van der Waals surface area contributed by atoms with E-state index in [-0.39, 0.29) is 17.7 Å². The van der Waals surface area contributed by atoms with Crippen LogP contribution in [0.3, 0.4) is 0 Å². The summed E-state index contributed by atoms with van der Waals surface area (Å²) in [4.78, 5) is 16.5. The number of rotatable bonds is 8. The minimum atomic E-state index is -0.211. The molecule has 8 nitrogen and oxygen atoms in total. The van der Waals surface area contributed by atoms with E-state index in [9.17, 15) is 4.39 Å². The molecule has 1 aromatic heterocycles. The second-order valence-electron chi connectivity index (χ2n) is 11.9. The highest BCUT2D eigenvalue weighted by Crippen LogP contribution is 2.44. The predicted octanol–water partition coefficient (Wildman–Crippen LogP) is 6.71. The van der Waals surface area contributed by atoms with E-state index < -0.39 is 0 Å². The Kier molecular flexibility index (Phi) is 8.51. The summed E-state index contributed by atoms with van der Waals surface area (Å²) in [5, 5.41) is 12.5. The Bertz CT molecular complexity index is 1540. The molecule has 0 radical (unpaired) electrons. The highest BCUT2D eigenvalue weighted by atomic mass is 19.1. The molecular formula is C34H41FN8. The number of benzene rings is 2. The molecule has 3 aliphatic rings. The van der Waals surface area contributed by atoms with E-state index in [1.54, 1.807) is 0 Å². The first-order valence-corrected chi connectivity index (χ1v) is 15.3. The molecule has 0 bridgehead atoms. The van der Waals surface area contributed by atoms with E-state index in [4.69, 9.17) is 4.98 Å². The summed E-state index contributed by atoms with van der Waals surface area (Å²) in [6.07, 6.45) is 6.50. The van der Waals surface area contributed by atoms with Gasteiger partial charge in [-0.05, 0) is 73.7 Å². The minimum absolute atomic E-state index is 0.211. The van der Waals surface area contributed by atoms with E-state index >= 15 is 0 Å². The van der Waals surface area contributed by atoms with Gasteiger partial charge >= 0.3 is 0 Å². The standard InChI is InChI=1S/C34H41FN8/c1-5-36-34-37-19-31-32(25-11-12-25)43(16-15-42(4)33(31)39-34)29-8-6-7-26(18-29)30-20-38-40-28(17-23(30)2)22-41(3)21-24-9-13-27(35)14-10-24/h6-10,13-14,17-19,23,30H,5,11-12,15-16,20-22H2,1-4H3,(H,36,37,39). The Morgan fingerprint density at radius 2 is 1.88 bits per heavy atom. The van der Waals surface area contributed by atoms with Crippen LogP contribution in [0, 0.1) is 11.7 Å². The fraction of sp³-hybridized carbons (Fsp3) is 0.412. The largest absolute Gasteiger partial charge is 0.357 e. The van der Waals surface area contributed by atoms with Crippen LogP contribution in [-0.2, 0) is 6.54 Å². The highest BCUT2D eigenvalue weighted by Gasteiger charge is 2.31. The van der Waals surface area contributed by atoms with Crippen molar-refractivity contribution in [1.29, 1.82) is 0 Å². The smallest absolute Gasteiger partial charge is 0.224 e. The van der Waals surface area contributed by atoms with Gasteiger partial charge in [0.2, 0.25) is 5.95 Å². The van der Waals surface area contributed by atoms with E-state index in [0.717, 1.165) is 61.7 Å². The summed E-state index contributed by atoms with van der Waals surface area (Å²) < 4.78 is 13.3. The Balaban J connectivity index is 1.22. The van der Waals surface area contributed by atoms with Gasteiger partial charge in [0.15, 0.2) is 0 Å². The number of likely N-dealkylation sites (N-methyl/N-ethyl adjacent to an activating group) is 2. The van der Waals surface area contributed by atoms with E-state index in [1.807, 2.05) is 18.3 Å². The lowest BCUT2D eigenvalue weighted by molar-refractivity contribution is 0.352. The molecule has 43 heavy (non-hydrogen) atoms. The van der Waals surface area contributed by atoms with Gasteiger partial charge in [-0.3, -0.25) is 4.90 Å². The normalized spacial score (nSPS) is 20.1. The van der Waals surface area contributed by atoms with Crippen molar-refractivity contribution in [3.63, 3.8) is 0 Å². The van der Waals surface area contributed by atoms with Crippen LogP contribution in [0.25, 0.3) is 5.70 Å². The fourth-order valence-electron chi connectivity index (χ4n) is 6.12. The molecule has 2 aliphatic heterocycles. The Morgan fingerprint density at radius 3 is 2.65 bits per heavy atom. The monoisotopic (exact) mass is 580 g/mol. The first-order valence-electron chi connectivity index (χ1n) is 15.3. The van der Waals surface area contributed by atoms with E-state index in [1.165, 1.54) is 34.7 Å². The molecule has 0 spiro atoms. The zero-order valence-corrected chi connectivity index (χ0v) is 25.6. The molecule has 3 heterocycles. The van der Waals surface area contributed by atoms with Crippen LogP contribution in [0.4, 0.5) is 21.8 Å². The molecule has 6 rings (SSSR count). The fourth-order valence-corrected chi connectivity index (χ4v) is 6.12.